The number of amides is 1. The van der Waals surface area contributed by atoms with E-state index >= 15 is 0 Å². The van der Waals surface area contributed by atoms with Crippen molar-refractivity contribution in [2.75, 3.05) is 11.4 Å². The quantitative estimate of drug-likeness (QED) is 0.817. The minimum Gasteiger partial charge on any atom is -0.311 e. The lowest BCUT2D eigenvalue weighted by Gasteiger charge is -2.30. The highest BCUT2D eigenvalue weighted by Crippen LogP contribution is 2.59. The molecule has 0 saturated heterocycles. The van der Waals surface area contributed by atoms with Gasteiger partial charge < -0.3 is 4.90 Å². The molecule has 0 unspecified atom stereocenters. The van der Waals surface area contributed by atoms with Gasteiger partial charge in [-0.2, -0.15) is 0 Å². The molecule has 3 heteroatoms. The maximum Gasteiger partial charge on any atom is 0.237 e. The number of halogens is 1. The first-order valence-corrected chi connectivity index (χ1v) is 7.63. The third-order valence-electron chi connectivity index (χ3n) is 4.83. The number of nitrogens with zero attached hydrogens (tertiary/aromatic N) is 1. The monoisotopic (exact) mass is 305 g/mol. The van der Waals surface area contributed by atoms with Crippen molar-refractivity contribution in [1.82, 2.24) is 0 Å². The Balaban J connectivity index is 1.77. The van der Waals surface area contributed by atoms with Crippen molar-refractivity contribution < 1.29 is 4.79 Å². The summed E-state index contributed by atoms with van der Waals surface area (Å²) in [5.41, 5.74) is 2.27. The van der Waals surface area contributed by atoms with E-state index in [2.05, 4.69) is 33.0 Å². The second-order valence-electron chi connectivity index (χ2n) is 5.93. The minimum absolute atomic E-state index is 0.154. The van der Waals surface area contributed by atoms with Gasteiger partial charge in [0.25, 0.3) is 0 Å². The molecule has 0 aromatic heterocycles. The smallest absolute Gasteiger partial charge is 0.237 e. The second-order valence-corrected chi connectivity index (χ2v) is 6.78. The molecule has 2 saturated carbocycles. The Labute approximate surface area is 115 Å². The molecule has 18 heavy (non-hydrogen) atoms. The first-order valence-electron chi connectivity index (χ1n) is 6.83. The molecule has 0 N–H and O–H groups in total. The van der Waals surface area contributed by atoms with Crippen molar-refractivity contribution in [1.29, 1.82) is 0 Å². The van der Waals surface area contributed by atoms with E-state index in [0.717, 1.165) is 29.8 Å². The molecular weight excluding hydrogens is 290 g/mol. The lowest BCUT2D eigenvalue weighted by molar-refractivity contribution is -0.120. The maximum atomic E-state index is 12.7. The van der Waals surface area contributed by atoms with Crippen LogP contribution in [0.25, 0.3) is 0 Å². The Bertz CT molecular complexity index is 531. The fourth-order valence-electron chi connectivity index (χ4n) is 3.39. The van der Waals surface area contributed by atoms with Gasteiger partial charge in [-0.25, -0.2) is 0 Å². The van der Waals surface area contributed by atoms with Crippen LogP contribution in [0.15, 0.2) is 22.7 Å². The van der Waals surface area contributed by atoms with Gasteiger partial charge in [0, 0.05) is 22.3 Å². The van der Waals surface area contributed by atoms with E-state index in [9.17, 15) is 4.79 Å². The van der Waals surface area contributed by atoms with Crippen LogP contribution in [0.2, 0.25) is 0 Å². The first-order chi connectivity index (χ1) is 8.72. The SMILES string of the molecule is O=C1N(CC2CCC2)c2cccc(Br)c2C12CC2. The minimum atomic E-state index is -0.154. The van der Waals surface area contributed by atoms with Crippen molar-refractivity contribution in [3.05, 3.63) is 28.2 Å². The fraction of sp³-hybridized carbons (Fsp3) is 0.533. The van der Waals surface area contributed by atoms with E-state index in [1.165, 1.54) is 30.5 Å². The van der Waals surface area contributed by atoms with Crippen molar-refractivity contribution >= 4 is 27.5 Å². The normalized spacial score (nSPS) is 24.3. The molecule has 1 spiro atoms. The molecule has 3 aliphatic rings. The third-order valence-corrected chi connectivity index (χ3v) is 5.49. The molecule has 2 fully saturated rings. The first kappa shape index (κ1) is 11.0. The molecule has 0 atom stereocenters. The predicted octanol–water partition coefficient (Wildman–Crippen LogP) is 3.63. The number of hydrogen-bond donors (Lipinski definition) is 0. The van der Waals surface area contributed by atoms with E-state index in [-0.39, 0.29) is 5.41 Å². The number of rotatable bonds is 2. The molecule has 2 nitrogen and oxygen atoms in total. The Kier molecular flexibility index (Phi) is 2.20. The van der Waals surface area contributed by atoms with Crippen LogP contribution < -0.4 is 4.90 Å². The number of fused-ring (bicyclic) bond motifs is 2. The molecule has 4 rings (SSSR count). The van der Waals surface area contributed by atoms with Crippen LogP contribution in [0.1, 0.15) is 37.7 Å². The van der Waals surface area contributed by atoms with Gasteiger partial charge in [-0.15, -0.1) is 0 Å². The number of carbonyl (C=O) groups is 1. The second kappa shape index (κ2) is 3.60. The molecule has 94 valence electrons. The Morgan fingerprint density at radius 3 is 2.72 bits per heavy atom. The average Bonchev–Trinajstić information content (AvgIpc) is 3.03. The summed E-state index contributed by atoms with van der Waals surface area (Å²) in [6.45, 7) is 0.935. The highest BCUT2D eigenvalue weighted by Gasteiger charge is 2.60. The Morgan fingerprint density at radius 2 is 2.11 bits per heavy atom. The molecule has 1 amide bonds. The lowest BCUT2D eigenvalue weighted by atomic mass is 9.85. The highest BCUT2D eigenvalue weighted by atomic mass is 79.9. The van der Waals surface area contributed by atoms with Crippen LogP contribution in [-0.2, 0) is 10.2 Å². The molecular formula is C15H16BrNO. The van der Waals surface area contributed by atoms with E-state index in [4.69, 9.17) is 0 Å². The number of carbonyl (C=O) groups excluding carboxylic acids is 1. The van der Waals surface area contributed by atoms with Gasteiger partial charge in [0.15, 0.2) is 0 Å². The largest absolute Gasteiger partial charge is 0.311 e. The van der Waals surface area contributed by atoms with Crippen LogP contribution in [0, 0.1) is 5.92 Å². The molecule has 1 heterocycles. The highest BCUT2D eigenvalue weighted by molar-refractivity contribution is 9.10. The molecule has 2 aliphatic carbocycles. The standard InChI is InChI=1S/C15H16BrNO/c16-11-5-2-6-12-13(11)15(7-8-15)14(18)17(12)9-10-3-1-4-10/h2,5-6,10H,1,3-4,7-9H2. The molecule has 1 aliphatic heterocycles. The van der Waals surface area contributed by atoms with Gasteiger partial charge >= 0.3 is 0 Å². The van der Waals surface area contributed by atoms with Crippen LogP contribution in [0.3, 0.4) is 0 Å². The zero-order valence-electron chi connectivity index (χ0n) is 10.3. The molecule has 1 aromatic carbocycles. The Morgan fingerprint density at radius 1 is 1.33 bits per heavy atom. The van der Waals surface area contributed by atoms with E-state index in [0.29, 0.717) is 5.91 Å². The van der Waals surface area contributed by atoms with Gasteiger partial charge in [0.1, 0.15) is 0 Å². The van der Waals surface area contributed by atoms with Crippen LogP contribution in [-0.4, -0.2) is 12.5 Å². The summed E-state index contributed by atoms with van der Waals surface area (Å²) in [5.74, 6) is 1.09. The molecule has 1 aromatic rings. The van der Waals surface area contributed by atoms with Gasteiger partial charge in [-0.1, -0.05) is 28.4 Å². The van der Waals surface area contributed by atoms with Crippen molar-refractivity contribution in [2.45, 2.75) is 37.5 Å². The predicted molar refractivity (Wildman–Crippen MR) is 74.7 cm³/mol. The van der Waals surface area contributed by atoms with E-state index < -0.39 is 0 Å². The van der Waals surface area contributed by atoms with Crippen molar-refractivity contribution in [3.8, 4) is 0 Å². The van der Waals surface area contributed by atoms with E-state index in [1.54, 1.807) is 0 Å². The summed E-state index contributed by atoms with van der Waals surface area (Å²) < 4.78 is 1.11. The fourth-order valence-corrected chi connectivity index (χ4v) is 4.13. The lowest BCUT2D eigenvalue weighted by Crippen LogP contribution is -2.37. The topological polar surface area (TPSA) is 20.3 Å². The van der Waals surface area contributed by atoms with Gasteiger partial charge in [-0.3, -0.25) is 4.79 Å². The number of benzene rings is 1. The summed E-state index contributed by atoms with van der Waals surface area (Å²) in [6.07, 6.45) is 5.98. The average molecular weight is 306 g/mol. The van der Waals surface area contributed by atoms with Crippen LogP contribution in [0.5, 0.6) is 0 Å². The van der Waals surface area contributed by atoms with Crippen molar-refractivity contribution in [2.24, 2.45) is 5.92 Å². The van der Waals surface area contributed by atoms with Crippen LogP contribution >= 0.6 is 15.9 Å². The molecule has 0 radical (unpaired) electrons. The third kappa shape index (κ3) is 1.31. The van der Waals surface area contributed by atoms with Crippen LogP contribution in [0.4, 0.5) is 5.69 Å². The maximum absolute atomic E-state index is 12.7. The molecule has 0 bridgehead atoms. The van der Waals surface area contributed by atoms with Gasteiger partial charge in [0.2, 0.25) is 5.91 Å². The van der Waals surface area contributed by atoms with Gasteiger partial charge in [-0.05, 0) is 43.7 Å². The van der Waals surface area contributed by atoms with Gasteiger partial charge in [0.05, 0.1) is 5.41 Å². The zero-order chi connectivity index (χ0) is 12.3. The summed E-state index contributed by atoms with van der Waals surface area (Å²) >= 11 is 3.64. The Hall–Kier alpha value is -0.830. The summed E-state index contributed by atoms with van der Waals surface area (Å²) in [4.78, 5) is 14.7. The summed E-state index contributed by atoms with van der Waals surface area (Å²) in [5, 5.41) is 0. The summed E-state index contributed by atoms with van der Waals surface area (Å²) in [7, 11) is 0. The number of anilines is 1. The van der Waals surface area contributed by atoms with E-state index in [1.807, 2.05) is 6.07 Å². The summed E-state index contributed by atoms with van der Waals surface area (Å²) in [6, 6.07) is 6.23. The number of hydrogen-bond acceptors (Lipinski definition) is 1. The van der Waals surface area contributed by atoms with Crippen molar-refractivity contribution in [3.63, 3.8) is 0 Å². The zero-order valence-corrected chi connectivity index (χ0v) is 11.9.